The van der Waals surface area contributed by atoms with Gasteiger partial charge in [0.1, 0.15) is 16.5 Å². The van der Waals surface area contributed by atoms with Crippen LogP contribution in [-0.4, -0.2) is 18.0 Å². The minimum absolute atomic E-state index is 0. The van der Waals surface area contributed by atoms with Gasteiger partial charge in [-0.05, 0) is 23.6 Å². The lowest BCUT2D eigenvalue weighted by Gasteiger charge is -2.22. The second-order valence-corrected chi connectivity index (χ2v) is 6.24. The zero-order valence-corrected chi connectivity index (χ0v) is 15.0. The molecule has 0 radical (unpaired) electrons. The van der Waals surface area contributed by atoms with Gasteiger partial charge in [0.05, 0.1) is 13.2 Å². The molecule has 1 unspecified atom stereocenters. The van der Waals surface area contributed by atoms with Crippen molar-refractivity contribution in [3.8, 4) is 5.75 Å². The van der Waals surface area contributed by atoms with Crippen LogP contribution in [0.25, 0.3) is 0 Å². The molecule has 3 N–H and O–H groups in total. The van der Waals surface area contributed by atoms with Crippen LogP contribution < -0.4 is 15.8 Å². The molecule has 2 rings (SSSR count). The van der Waals surface area contributed by atoms with Crippen molar-refractivity contribution in [2.75, 3.05) is 7.11 Å². The lowest BCUT2D eigenvalue weighted by atomic mass is 9.96. The lowest BCUT2D eigenvalue weighted by molar-refractivity contribution is 0.0921. The monoisotopic (exact) mass is 355 g/mol. The predicted molar refractivity (Wildman–Crippen MR) is 95.3 cm³/mol. The van der Waals surface area contributed by atoms with E-state index < -0.39 is 0 Å². The van der Waals surface area contributed by atoms with Crippen LogP contribution in [0.5, 0.6) is 5.75 Å². The zero-order valence-electron chi connectivity index (χ0n) is 13.4. The Bertz CT molecular complexity index is 629. The maximum Gasteiger partial charge on any atom is 0.271 e. The average molecular weight is 356 g/mol. The largest absolute Gasteiger partial charge is 0.497 e. The molecule has 0 bridgehead atoms. The molecule has 0 aliphatic rings. The summed E-state index contributed by atoms with van der Waals surface area (Å²) < 4.78 is 5.17. The fourth-order valence-corrected chi connectivity index (χ4v) is 2.82. The summed E-state index contributed by atoms with van der Waals surface area (Å²) in [6.07, 6.45) is 0. The number of amides is 1. The smallest absolute Gasteiger partial charge is 0.271 e. The first-order valence-corrected chi connectivity index (χ1v) is 8.02. The number of benzene rings is 1. The van der Waals surface area contributed by atoms with Gasteiger partial charge in [-0.25, -0.2) is 4.98 Å². The summed E-state index contributed by atoms with van der Waals surface area (Å²) in [5.74, 6) is 0.875. The number of hydrogen-bond donors (Lipinski definition) is 2. The van der Waals surface area contributed by atoms with Crippen LogP contribution in [-0.2, 0) is 6.54 Å². The van der Waals surface area contributed by atoms with Crippen molar-refractivity contribution in [2.45, 2.75) is 26.4 Å². The van der Waals surface area contributed by atoms with Crippen molar-refractivity contribution in [3.63, 3.8) is 0 Å². The first-order valence-electron chi connectivity index (χ1n) is 7.14. The third kappa shape index (κ3) is 4.92. The van der Waals surface area contributed by atoms with E-state index >= 15 is 0 Å². The molecule has 1 heterocycles. The van der Waals surface area contributed by atoms with Crippen LogP contribution in [0.2, 0.25) is 0 Å². The number of nitrogens with two attached hydrogens (primary N) is 1. The summed E-state index contributed by atoms with van der Waals surface area (Å²) in [7, 11) is 1.63. The molecule has 23 heavy (non-hydrogen) atoms. The van der Waals surface area contributed by atoms with Crippen LogP contribution in [0.15, 0.2) is 29.6 Å². The van der Waals surface area contributed by atoms with E-state index in [4.69, 9.17) is 10.5 Å². The molecule has 0 spiro atoms. The molecule has 0 saturated heterocycles. The number of rotatable bonds is 6. The van der Waals surface area contributed by atoms with Gasteiger partial charge in [-0.2, -0.15) is 0 Å². The summed E-state index contributed by atoms with van der Waals surface area (Å²) in [5.41, 5.74) is 7.00. The number of hydrogen-bond acceptors (Lipinski definition) is 5. The van der Waals surface area contributed by atoms with Crippen molar-refractivity contribution in [1.82, 2.24) is 10.3 Å². The number of nitrogens with one attached hydrogen (secondary N) is 1. The standard InChI is InChI=1S/C16H21N3O2S.ClH/c1-10(2)15(11-4-6-12(21-3)7-5-11)19-16(20)13-9-22-14(8-17)18-13;/h4-7,9-10,15H,8,17H2,1-3H3,(H,19,20);1H. The van der Waals surface area contributed by atoms with E-state index in [9.17, 15) is 4.79 Å². The van der Waals surface area contributed by atoms with E-state index in [2.05, 4.69) is 24.1 Å². The Morgan fingerprint density at radius 3 is 2.48 bits per heavy atom. The quantitative estimate of drug-likeness (QED) is 0.834. The highest BCUT2D eigenvalue weighted by atomic mass is 35.5. The van der Waals surface area contributed by atoms with Crippen LogP contribution in [0, 0.1) is 5.92 Å². The molecule has 5 nitrogen and oxygen atoms in total. The van der Waals surface area contributed by atoms with Crippen molar-refractivity contribution in [3.05, 3.63) is 45.9 Å². The van der Waals surface area contributed by atoms with E-state index in [1.807, 2.05) is 24.3 Å². The molecule has 1 aromatic heterocycles. The Morgan fingerprint density at radius 1 is 1.35 bits per heavy atom. The maximum atomic E-state index is 12.4. The molecule has 1 amide bonds. The first-order chi connectivity index (χ1) is 10.5. The maximum absolute atomic E-state index is 12.4. The minimum Gasteiger partial charge on any atom is -0.497 e. The van der Waals surface area contributed by atoms with E-state index in [-0.39, 0.29) is 30.3 Å². The third-order valence-electron chi connectivity index (χ3n) is 3.39. The van der Waals surface area contributed by atoms with Crippen LogP contribution in [0.1, 0.15) is 40.9 Å². The molecule has 126 valence electrons. The molecular formula is C16H22ClN3O2S. The first kappa shape index (κ1) is 19.4. The summed E-state index contributed by atoms with van der Waals surface area (Å²) in [6, 6.07) is 7.64. The highest BCUT2D eigenvalue weighted by molar-refractivity contribution is 7.09. The molecular weight excluding hydrogens is 334 g/mol. The Labute approximate surface area is 146 Å². The Hall–Kier alpha value is -1.63. The predicted octanol–water partition coefficient (Wildman–Crippen LogP) is 3.16. The molecule has 1 aromatic carbocycles. The van der Waals surface area contributed by atoms with Crippen molar-refractivity contribution in [2.24, 2.45) is 11.7 Å². The molecule has 1 atom stereocenters. The van der Waals surface area contributed by atoms with Gasteiger partial charge in [-0.1, -0.05) is 26.0 Å². The minimum atomic E-state index is -0.175. The number of nitrogens with zero attached hydrogens (tertiary/aromatic N) is 1. The van der Waals surface area contributed by atoms with Crippen molar-refractivity contribution >= 4 is 29.7 Å². The molecule has 7 heteroatoms. The number of thiazole rings is 1. The van der Waals surface area contributed by atoms with Crippen LogP contribution >= 0.6 is 23.7 Å². The average Bonchev–Trinajstić information content (AvgIpc) is 3.01. The van der Waals surface area contributed by atoms with E-state index in [1.54, 1.807) is 12.5 Å². The molecule has 0 saturated carbocycles. The van der Waals surface area contributed by atoms with Crippen LogP contribution in [0.3, 0.4) is 0 Å². The second-order valence-electron chi connectivity index (χ2n) is 5.30. The number of aromatic nitrogens is 1. The third-order valence-corrected chi connectivity index (χ3v) is 4.26. The van der Waals surface area contributed by atoms with Gasteiger partial charge >= 0.3 is 0 Å². The molecule has 0 aliphatic heterocycles. The van der Waals surface area contributed by atoms with Crippen molar-refractivity contribution in [1.29, 1.82) is 0 Å². The highest BCUT2D eigenvalue weighted by Crippen LogP contribution is 2.24. The van der Waals surface area contributed by atoms with Gasteiger partial charge in [-0.3, -0.25) is 4.79 Å². The summed E-state index contributed by atoms with van der Waals surface area (Å²) in [5, 5.41) is 5.55. The normalized spacial score (nSPS) is 11.7. The van der Waals surface area contributed by atoms with E-state index in [1.165, 1.54) is 11.3 Å². The number of methoxy groups -OCH3 is 1. The summed E-state index contributed by atoms with van der Waals surface area (Å²) >= 11 is 1.40. The lowest BCUT2D eigenvalue weighted by Crippen LogP contribution is -2.32. The fraction of sp³-hybridized carbons (Fsp3) is 0.375. The second kappa shape index (κ2) is 8.86. The van der Waals surface area contributed by atoms with E-state index in [0.717, 1.165) is 16.3 Å². The molecule has 2 aromatic rings. The Morgan fingerprint density at radius 2 is 2.00 bits per heavy atom. The SMILES string of the molecule is COc1ccc(C(NC(=O)c2csc(CN)n2)C(C)C)cc1.Cl. The molecule has 0 aliphatic carbocycles. The number of halogens is 1. The number of carbonyl (C=O) groups is 1. The highest BCUT2D eigenvalue weighted by Gasteiger charge is 2.20. The Balaban J connectivity index is 0.00000264. The summed E-state index contributed by atoms with van der Waals surface area (Å²) in [4.78, 5) is 16.6. The van der Waals surface area contributed by atoms with E-state index in [0.29, 0.717) is 12.2 Å². The topological polar surface area (TPSA) is 77.2 Å². The van der Waals surface area contributed by atoms with Gasteiger partial charge in [0.2, 0.25) is 0 Å². The van der Waals surface area contributed by atoms with Gasteiger partial charge in [0, 0.05) is 11.9 Å². The summed E-state index contributed by atoms with van der Waals surface area (Å²) in [6.45, 7) is 4.49. The number of ether oxygens (including phenoxy) is 1. The fourth-order valence-electron chi connectivity index (χ4n) is 2.17. The zero-order chi connectivity index (χ0) is 16.1. The van der Waals surface area contributed by atoms with Gasteiger partial charge in [0.25, 0.3) is 5.91 Å². The Kier molecular flexibility index (Phi) is 7.48. The molecule has 0 fully saturated rings. The van der Waals surface area contributed by atoms with Gasteiger partial charge < -0.3 is 15.8 Å². The van der Waals surface area contributed by atoms with Gasteiger partial charge in [0.15, 0.2) is 0 Å². The van der Waals surface area contributed by atoms with Gasteiger partial charge in [-0.15, -0.1) is 23.7 Å². The van der Waals surface area contributed by atoms with Crippen molar-refractivity contribution < 1.29 is 9.53 Å². The van der Waals surface area contributed by atoms with Crippen LogP contribution in [0.4, 0.5) is 0 Å². The number of carbonyl (C=O) groups excluding carboxylic acids is 1.